The first-order valence-corrected chi connectivity index (χ1v) is 6.38. The normalized spacial score (nSPS) is 14.6. The molecule has 1 rings (SSSR count). The van der Waals surface area contributed by atoms with Crippen molar-refractivity contribution in [3.8, 4) is 0 Å². The topological polar surface area (TPSA) is 17.8 Å². The molecule has 1 aromatic rings. The van der Waals surface area contributed by atoms with E-state index in [-0.39, 0.29) is 0 Å². The Morgan fingerprint density at radius 2 is 2.25 bits per heavy atom. The van der Waals surface area contributed by atoms with Gasteiger partial charge in [0, 0.05) is 12.4 Å². The molecule has 0 spiro atoms. The summed E-state index contributed by atoms with van der Waals surface area (Å²) in [6.07, 6.45) is 14.3. The minimum atomic E-state index is 0.402. The van der Waals surface area contributed by atoms with E-state index in [2.05, 4.69) is 30.0 Å². The summed E-state index contributed by atoms with van der Waals surface area (Å²) in [6, 6.07) is 0.402. The second-order valence-electron chi connectivity index (χ2n) is 4.65. The lowest BCUT2D eigenvalue weighted by molar-refractivity contribution is 0.400. The van der Waals surface area contributed by atoms with Gasteiger partial charge in [-0.05, 0) is 12.3 Å². The third-order valence-electron chi connectivity index (χ3n) is 3.12. The molecule has 0 N–H and O–H groups in total. The van der Waals surface area contributed by atoms with Crippen LogP contribution in [0, 0.1) is 5.92 Å². The number of allylic oxidation sites excluding steroid dienone is 1. The number of imidazole rings is 1. The number of nitrogens with zero attached hydrogens (tertiary/aromatic N) is 2. The number of unbranched alkanes of at least 4 members (excludes halogenated alkanes) is 2. The minimum absolute atomic E-state index is 0.402. The first-order valence-electron chi connectivity index (χ1n) is 6.38. The Labute approximate surface area is 99.4 Å². The van der Waals surface area contributed by atoms with Crippen LogP contribution in [0.1, 0.15) is 52.0 Å². The molecule has 16 heavy (non-hydrogen) atoms. The Bertz CT molecular complexity index is 277. The molecule has 0 bridgehead atoms. The molecule has 1 aromatic heterocycles. The van der Waals surface area contributed by atoms with Crippen LogP contribution in [-0.2, 0) is 0 Å². The zero-order valence-corrected chi connectivity index (χ0v) is 10.6. The second kappa shape index (κ2) is 7.26. The Balaban J connectivity index is 2.35. The molecule has 0 aliphatic heterocycles. The highest BCUT2D eigenvalue weighted by Gasteiger charge is 2.10. The van der Waals surface area contributed by atoms with Gasteiger partial charge in [-0.25, -0.2) is 4.98 Å². The van der Waals surface area contributed by atoms with Crippen LogP contribution in [0.2, 0.25) is 0 Å². The van der Waals surface area contributed by atoms with E-state index in [4.69, 9.17) is 0 Å². The van der Waals surface area contributed by atoms with Crippen molar-refractivity contribution >= 4 is 0 Å². The molecule has 1 heterocycles. The third-order valence-corrected chi connectivity index (χ3v) is 3.12. The van der Waals surface area contributed by atoms with E-state index in [9.17, 15) is 0 Å². The van der Waals surface area contributed by atoms with Crippen molar-refractivity contribution in [3.63, 3.8) is 0 Å². The van der Waals surface area contributed by atoms with Gasteiger partial charge >= 0.3 is 0 Å². The van der Waals surface area contributed by atoms with Gasteiger partial charge in [0.2, 0.25) is 0 Å². The van der Waals surface area contributed by atoms with Gasteiger partial charge in [0.1, 0.15) is 0 Å². The number of rotatable bonds is 8. The number of aromatic nitrogens is 2. The van der Waals surface area contributed by atoms with Gasteiger partial charge in [-0.3, -0.25) is 0 Å². The molecule has 2 heteroatoms. The maximum Gasteiger partial charge on any atom is 0.0951 e. The summed E-state index contributed by atoms with van der Waals surface area (Å²) in [5.74, 6) is 0.761. The van der Waals surface area contributed by atoms with E-state index >= 15 is 0 Å². The molecular formula is C14H24N2. The fourth-order valence-corrected chi connectivity index (χ4v) is 2.08. The molecule has 0 aliphatic carbocycles. The van der Waals surface area contributed by atoms with Crippen LogP contribution in [0.15, 0.2) is 31.4 Å². The van der Waals surface area contributed by atoms with Gasteiger partial charge in [-0.15, -0.1) is 6.58 Å². The van der Waals surface area contributed by atoms with Crippen LogP contribution < -0.4 is 0 Å². The van der Waals surface area contributed by atoms with E-state index in [1.165, 1.54) is 32.1 Å². The van der Waals surface area contributed by atoms with Crippen molar-refractivity contribution in [2.45, 2.75) is 52.0 Å². The highest BCUT2D eigenvalue weighted by molar-refractivity contribution is 4.90. The average Bonchev–Trinajstić information content (AvgIpc) is 2.79. The summed E-state index contributed by atoms with van der Waals surface area (Å²) < 4.78 is 2.14. The fraction of sp³-hybridized carbons (Fsp3) is 0.643. The van der Waals surface area contributed by atoms with Gasteiger partial charge in [-0.2, -0.15) is 0 Å². The van der Waals surface area contributed by atoms with Crippen molar-refractivity contribution in [2.24, 2.45) is 5.92 Å². The van der Waals surface area contributed by atoms with Crippen LogP contribution in [0.3, 0.4) is 0 Å². The highest BCUT2D eigenvalue weighted by atomic mass is 15.0. The van der Waals surface area contributed by atoms with Crippen LogP contribution in [0.4, 0.5) is 0 Å². The summed E-state index contributed by atoms with van der Waals surface area (Å²) in [5.41, 5.74) is 0. The van der Waals surface area contributed by atoms with Gasteiger partial charge in [0.05, 0.1) is 12.4 Å². The molecule has 0 saturated heterocycles. The maximum atomic E-state index is 4.09. The molecule has 90 valence electrons. The number of hydrogen-bond acceptors (Lipinski definition) is 1. The average molecular weight is 220 g/mol. The largest absolute Gasteiger partial charge is 0.331 e. The van der Waals surface area contributed by atoms with Gasteiger partial charge in [0.25, 0.3) is 0 Å². The first kappa shape index (κ1) is 13.0. The standard InChI is InChI=1S/C14H24N2/c1-4-6-7-8-13(3)11-14(5-2)16-10-9-15-12-16/h5,9-10,12-14H,2,4,6-8,11H2,1,3H3. The zero-order chi connectivity index (χ0) is 11.8. The molecule has 2 atom stereocenters. The zero-order valence-electron chi connectivity index (χ0n) is 10.6. The van der Waals surface area contributed by atoms with Crippen molar-refractivity contribution in [3.05, 3.63) is 31.4 Å². The Morgan fingerprint density at radius 3 is 2.81 bits per heavy atom. The van der Waals surface area contributed by atoms with E-state index in [1.54, 1.807) is 0 Å². The molecule has 0 aromatic carbocycles. The quantitative estimate of drug-likeness (QED) is 0.474. The van der Waals surface area contributed by atoms with Crippen LogP contribution >= 0.6 is 0 Å². The van der Waals surface area contributed by atoms with Crippen molar-refractivity contribution in [2.75, 3.05) is 0 Å². The van der Waals surface area contributed by atoms with E-state index in [1.807, 2.05) is 24.8 Å². The first-order chi connectivity index (χ1) is 7.77. The molecule has 0 radical (unpaired) electrons. The van der Waals surface area contributed by atoms with E-state index in [0.29, 0.717) is 6.04 Å². The van der Waals surface area contributed by atoms with Crippen LogP contribution in [0.5, 0.6) is 0 Å². The molecule has 2 unspecified atom stereocenters. The summed E-state index contributed by atoms with van der Waals surface area (Å²) in [7, 11) is 0. The van der Waals surface area contributed by atoms with Gasteiger partial charge in [-0.1, -0.05) is 45.6 Å². The molecule has 2 nitrogen and oxygen atoms in total. The predicted octanol–water partition coefficient (Wildman–Crippen LogP) is 4.22. The lowest BCUT2D eigenvalue weighted by Crippen LogP contribution is -2.09. The van der Waals surface area contributed by atoms with Crippen molar-refractivity contribution in [1.82, 2.24) is 9.55 Å². The summed E-state index contributed by atoms with van der Waals surface area (Å²) in [5, 5.41) is 0. The smallest absolute Gasteiger partial charge is 0.0951 e. The molecule has 0 aliphatic rings. The maximum absolute atomic E-state index is 4.09. The summed E-state index contributed by atoms with van der Waals surface area (Å²) >= 11 is 0. The van der Waals surface area contributed by atoms with Crippen molar-refractivity contribution < 1.29 is 0 Å². The lowest BCUT2D eigenvalue weighted by Gasteiger charge is -2.19. The number of hydrogen-bond donors (Lipinski definition) is 0. The minimum Gasteiger partial charge on any atom is -0.331 e. The van der Waals surface area contributed by atoms with Crippen LogP contribution in [0.25, 0.3) is 0 Å². The van der Waals surface area contributed by atoms with Gasteiger partial charge in [0.15, 0.2) is 0 Å². The predicted molar refractivity (Wildman–Crippen MR) is 69.4 cm³/mol. The van der Waals surface area contributed by atoms with Crippen LogP contribution in [-0.4, -0.2) is 9.55 Å². The fourth-order valence-electron chi connectivity index (χ4n) is 2.08. The van der Waals surface area contributed by atoms with E-state index < -0.39 is 0 Å². The highest BCUT2D eigenvalue weighted by Crippen LogP contribution is 2.22. The van der Waals surface area contributed by atoms with Crippen molar-refractivity contribution in [1.29, 1.82) is 0 Å². The molecule has 0 amide bonds. The second-order valence-corrected chi connectivity index (χ2v) is 4.65. The van der Waals surface area contributed by atoms with E-state index in [0.717, 1.165) is 5.92 Å². The molecule has 0 fully saturated rings. The lowest BCUT2D eigenvalue weighted by atomic mass is 9.95. The Morgan fingerprint density at radius 1 is 1.44 bits per heavy atom. The molecule has 0 saturated carbocycles. The third kappa shape index (κ3) is 4.21. The SMILES string of the molecule is C=CC(CC(C)CCCCC)n1ccnc1. The monoisotopic (exact) mass is 220 g/mol. The summed E-state index contributed by atoms with van der Waals surface area (Å²) in [6.45, 7) is 8.51. The molecular weight excluding hydrogens is 196 g/mol. The Kier molecular flexibility index (Phi) is 5.91. The Hall–Kier alpha value is -1.05. The summed E-state index contributed by atoms with van der Waals surface area (Å²) in [4.78, 5) is 4.09. The van der Waals surface area contributed by atoms with Gasteiger partial charge < -0.3 is 4.57 Å².